The van der Waals surface area contributed by atoms with Crippen LogP contribution >= 0.6 is 23.3 Å². The molecule has 0 spiro atoms. The van der Waals surface area contributed by atoms with Crippen molar-refractivity contribution in [3.8, 4) is 6.07 Å². The van der Waals surface area contributed by atoms with E-state index in [1.807, 2.05) is 43.3 Å². The number of aromatic nitrogens is 2. The lowest BCUT2D eigenvalue weighted by atomic mass is 10.1. The van der Waals surface area contributed by atoms with Gasteiger partial charge < -0.3 is 0 Å². The minimum atomic E-state index is 0.705. The largest absolute Gasteiger partial charge is 0.213 e. The van der Waals surface area contributed by atoms with Crippen LogP contribution < -0.4 is 0 Å². The second-order valence-electron chi connectivity index (χ2n) is 4.20. The Labute approximate surface area is 125 Å². The maximum atomic E-state index is 9.17. The molecule has 0 N–H and O–H groups in total. The van der Waals surface area contributed by atoms with Crippen molar-refractivity contribution in [2.24, 2.45) is 0 Å². The number of hydrogen-bond acceptors (Lipinski definition) is 5. The van der Waals surface area contributed by atoms with Crippen molar-refractivity contribution in [2.75, 3.05) is 0 Å². The van der Waals surface area contributed by atoms with Crippen molar-refractivity contribution in [3.05, 3.63) is 47.8 Å². The van der Waals surface area contributed by atoms with Gasteiger partial charge in [-0.3, -0.25) is 0 Å². The van der Waals surface area contributed by atoms with E-state index in [1.54, 1.807) is 11.8 Å². The molecule has 0 radical (unpaired) electrons. The molecule has 0 saturated carbocycles. The van der Waals surface area contributed by atoms with Gasteiger partial charge in [0.1, 0.15) is 5.82 Å². The summed E-state index contributed by atoms with van der Waals surface area (Å²) in [5, 5.41) is 11.2. The summed E-state index contributed by atoms with van der Waals surface area (Å²) in [6, 6.07) is 14.1. The van der Waals surface area contributed by atoms with Gasteiger partial charge in [0, 0.05) is 16.7 Å². The summed E-state index contributed by atoms with van der Waals surface area (Å²) < 4.78 is 5.24. The normalized spacial score (nSPS) is 10.6. The average molecular weight is 297 g/mol. The van der Waals surface area contributed by atoms with E-state index >= 15 is 0 Å². The Morgan fingerprint density at radius 2 is 2.00 bits per heavy atom. The number of hydrogen-bond donors (Lipinski definition) is 0. The summed E-state index contributed by atoms with van der Waals surface area (Å²) >= 11 is 3.03. The third-order valence-corrected chi connectivity index (χ3v) is 4.83. The first-order valence-corrected chi connectivity index (χ1v) is 7.83. The highest BCUT2D eigenvalue weighted by Gasteiger charge is 2.09. The first kappa shape index (κ1) is 13.1. The average Bonchev–Trinajstić information content (AvgIpc) is 2.95. The molecule has 20 heavy (non-hydrogen) atoms. The monoisotopic (exact) mass is 297 g/mol. The number of rotatable bonds is 3. The van der Waals surface area contributed by atoms with Crippen LogP contribution in [0.2, 0.25) is 0 Å². The van der Waals surface area contributed by atoms with Crippen molar-refractivity contribution in [1.82, 2.24) is 9.36 Å². The molecule has 2 aromatic carbocycles. The Morgan fingerprint density at radius 3 is 2.70 bits per heavy atom. The summed E-state index contributed by atoms with van der Waals surface area (Å²) in [6.45, 7) is 2.05. The summed E-state index contributed by atoms with van der Waals surface area (Å²) in [7, 11) is 0. The number of nitrogens with zero attached hydrogens (tertiary/aromatic N) is 3. The van der Waals surface area contributed by atoms with Gasteiger partial charge in [0.25, 0.3) is 0 Å². The molecule has 3 aromatic rings. The van der Waals surface area contributed by atoms with Crippen LogP contribution in [-0.2, 0) is 6.42 Å². The van der Waals surface area contributed by atoms with Gasteiger partial charge in [-0.15, -0.1) is 0 Å². The highest BCUT2D eigenvalue weighted by molar-refractivity contribution is 8.01. The molecule has 0 bridgehead atoms. The highest BCUT2D eigenvalue weighted by Crippen LogP contribution is 2.35. The topological polar surface area (TPSA) is 49.6 Å². The molecule has 0 saturated heterocycles. The number of benzene rings is 2. The Bertz CT molecular complexity index is 802. The molecule has 0 unspecified atom stereocenters. The SMILES string of the molecule is CCc1nsc(Sc2ccc(C#N)c3ccccc23)n1. The fraction of sp³-hybridized carbons (Fsp3) is 0.133. The van der Waals surface area contributed by atoms with Crippen LogP contribution in [0.3, 0.4) is 0 Å². The number of fused-ring (bicyclic) bond motifs is 1. The van der Waals surface area contributed by atoms with Gasteiger partial charge in [0.15, 0.2) is 4.34 Å². The lowest BCUT2D eigenvalue weighted by Crippen LogP contribution is -1.84. The molecular weight excluding hydrogens is 286 g/mol. The van der Waals surface area contributed by atoms with Crippen molar-refractivity contribution < 1.29 is 0 Å². The molecule has 3 nitrogen and oxygen atoms in total. The molecule has 3 rings (SSSR count). The van der Waals surface area contributed by atoms with E-state index in [1.165, 1.54) is 11.5 Å². The van der Waals surface area contributed by atoms with Crippen molar-refractivity contribution in [1.29, 1.82) is 5.26 Å². The molecule has 98 valence electrons. The van der Waals surface area contributed by atoms with Crippen LogP contribution in [-0.4, -0.2) is 9.36 Å². The number of aryl methyl sites for hydroxylation is 1. The first-order chi connectivity index (χ1) is 9.81. The maximum Gasteiger partial charge on any atom is 0.174 e. The standard InChI is InChI=1S/C15H11N3S2/c1-2-14-17-15(20-18-14)19-13-8-7-10(9-16)11-5-3-4-6-12(11)13/h3-8H,2H2,1H3. The fourth-order valence-electron chi connectivity index (χ4n) is 1.97. The lowest BCUT2D eigenvalue weighted by Gasteiger charge is -2.05. The van der Waals surface area contributed by atoms with E-state index < -0.39 is 0 Å². The summed E-state index contributed by atoms with van der Waals surface area (Å²) in [5.41, 5.74) is 0.705. The third-order valence-electron chi connectivity index (χ3n) is 2.97. The summed E-state index contributed by atoms with van der Waals surface area (Å²) in [6.07, 6.45) is 0.852. The second kappa shape index (κ2) is 5.61. The van der Waals surface area contributed by atoms with Gasteiger partial charge in [-0.1, -0.05) is 43.0 Å². The lowest BCUT2D eigenvalue weighted by molar-refractivity contribution is 0.972. The highest BCUT2D eigenvalue weighted by atomic mass is 32.2. The zero-order valence-corrected chi connectivity index (χ0v) is 12.5. The quantitative estimate of drug-likeness (QED) is 0.724. The second-order valence-corrected chi connectivity index (χ2v) is 6.24. The van der Waals surface area contributed by atoms with Crippen molar-refractivity contribution >= 4 is 34.1 Å². The summed E-state index contributed by atoms with van der Waals surface area (Å²) in [4.78, 5) is 5.59. The fourth-order valence-corrected chi connectivity index (χ4v) is 3.77. The minimum Gasteiger partial charge on any atom is -0.213 e. The minimum absolute atomic E-state index is 0.705. The van der Waals surface area contributed by atoms with Gasteiger partial charge in [-0.05, 0) is 29.1 Å². The molecule has 0 aliphatic carbocycles. The van der Waals surface area contributed by atoms with Gasteiger partial charge in [-0.25, -0.2) is 4.98 Å². The Hall–Kier alpha value is -1.90. The maximum absolute atomic E-state index is 9.17. The third kappa shape index (κ3) is 2.40. The zero-order valence-electron chi connectivity index (χ0n) is 10.8. The van der Waals surface area contributed by atoms with E-state index in [9.17, 15) is 5.26 Å². The Kier molecular flexibility index (Phi) is 3.68. The van der Waals surface area contributed by atoms with Crippen LogP contribution in [0, 0.1) is 11.3 Å². The molecule has 1 aromatic heterocycles. The van der Waals surface area contributed by atoms with E-state index in [-0.39, 0.29) is 0 Å². The Morgan fingerprint density at radius 1 is 1.20 bits per heavy atom. The first-order valence-electron chi connectivity index (χ1n) is 6.24. The van der Waals surface area contributed by atoms with Gasteiger partial charge in [0.2, 0.25) is 0 Å². The molecule has 0 fully saturated rings. The van der Waals surface area contributed by atoms with Crippen LogP contribution in [0.4, 0.5) is 0 Å². The van der Waals surface area contributed by atoms with Gasteiger partial charge in [-0.2, -0.15) is 9.64 Å². The molecule has 0 atom stereocenters. The van der Waals surface area contributed by atoms with Crippen LogP contribution in [0.1, 0.15) is 18.3 Å². The molecule has 1 heterocycles. The predicted octanol–water partition coefficient (Wildman–Crippen LogP) is 4.28. The Balaban J connectivity index is 2.06. The molecule has 0 aliphatic rings. The van der Waals surface area contributed by atoms with E-state index in [0.29, 0.717) is 5.56 Å². The van der Waals surface area contributed by atoms with Crippen LogP contribution in [0.25, 0.3) is 10.8 Å². The van der Waals surface area contributed by atoms with E-state index in [0.717, 1.165) is 32.3 Å². The number of nitriles is 1. The van der Waals surface area contributed by atoms with Crippen LogP contribution in [0.15, 0.2) is 45.6 Å². The van der Waals surface area contributed by atoms with Crippen molar-refractivity contribution in [2.45, 2.75) is 22.6 Å². The smallest absolute Gasteiger partial charge is 0.174 e. The van der Waals surface area contributed by atoms with Crippen LogP contribution in [0.5, 0.6) is 0 Å². The summed E-state index contributed by atoms with van der Waals surface area (Å²) in [5.74, 6) is 0.885. The van der Waals surface area contributed by atoms with Crippen molar-refractivity contribution in [3.63, 3.8) is 0 Å². The van der Waals surface area contributed by atoms with E-state index in [2.05, 4.69) is 15.4 Å². The molecule has 0 amide bonds. The zero-order chi connectivity index (χ0) is 13.9. The molecule has 0 aliphatic heterocycles. The van der Waals surface area contributed by atoms with E-state index in [4.69, 9.17) is 0 Å². The predicted molar refractivity (Wildman–Crippen MR) is 82.1 cm³/mol. The molecular formula is C15H11N3S2. The van der Waals surface area contributed by atoms with Gasteiger partial charge in [0.05, 0.1) is 11.6 Å². The molecule has 5 heteroatoms. The van der Waals surface area contributed by atoms with Gasteiger partial charge >= 0.3 is 0 Å².